The van der Waals surface area contributed by atoms with Crippen LogP contribution in [-0.4, -0.2) is 33.9 Å². The predicted molar refractivity (Wildman–Crippen MR) is 130 cm³/mol. The molecule has 0 aliphatic heterocycles. The van der Waals surface area contributed by atoms with Crippen LogP contribution >= 0.6 is 0 Å². The molecule has 0 heterocycles. The number of anilines is 3. The molecule has 0 aliphatic rings. The molecule has 178 valence electrons. The van der Waals surface area contributed by atoms with Crippen LogP contribution < -0.4 is 24.8 Å². The highest BCUT2D eigenvalue weighted by Gasteiger charge is 2.16. The average Bonchev–Trinajstić information content (AvgIpc) is 2.81. The van der Waals surface area contributed by atoms with Gasteiger partial charge in [0, 0.05) is 24.2 Å². The molecule has 10 heteroatoms. The van der Waals surface area contributed by atoms with Gasteiger partial charge >= 0.3 is 0 Å². The number of rotatable bonds is 9. The molecule has 0 spiro atoms. The molecule has 0 unspecified atom stereocenters. The Bertz CT molecular complexity index is 1270. The molecule has 0 bridgehead atoms. The number of nitrogens with one attached hydrogen (secondary N) is 3. The van der Waals surface area contributed by atoms with E-state index in [4.69, 9.17) is 9.47 Å². The van der Waals surface area contributed by atoms with Gasteiger partial charge in [-0.15, -0.1) is 0 Å². The summed E-state index contributed by atoms with van der Waals surface area (Å²) in [4.78, 5) is 24.2. The van der Waals surface area contributed by atoms with Crippen LogP contribution in [0.4, 0.5) is 17.1 Å². The van der Waals surface area contributed by atoms with E-state index >= 15 is 0 Å². The molecule has 0 aliphatic carbocycles. The van der Waals surface area contributed by atoms with Gasteiger partial charge in [0.05, 0.1) is 30.0 Å². The summed E-state index contributed by atoms with van der Waals surface area (Å²) in [6.45, 7) is 3.73. The number of hydrogen-bond acceptors (Lipinski definition) is 6. The van der Waals surface area contributed by atoms with E-state index in [9.17, 15) is 18.0 Å². The topological polar surface area (TPSA) is 123 Å². The molecule has 0 radical (unpaired) electrons. The lowest BCUT2D eigenvalue weighted by Gasteiger charge is -2.13. The van der Waals surface area contributed by atoms with Crippen LogP contribution in [0.2, 0.25) is 0 Å². The first-order valence-electron chi connectivity index (χ1n) is 10.3. The van der Waals surface area contributed by atoms with Crippen LogP contribution in [0.1, 0.15) is 24.2 Å². The second kappa shape index (κ2) is 10.7. The van der Waals surface area contributed by atoms with Crippen LogP contribution in [0.5, 0.6) is 11.5 Å². The van der Waals surface area contributed by atoms with E-state index < -0.39 is 15.9 Å². The molecule has 3 rings (SSSR count). The van der Waals surface area contributed by atoms with Gasteiger partial charge in [0.15, 0.2) is 0 Å². The first-order chi connectivity index (χ1) is 16.2. The maximum atomic E-state index is 12.7. The fraction of sp³-hybridized carbons (Fsp3) is 0.167. The van der Waals surface area contributed by atoms with Crippen LogP contribution in [0.3, 0.4) is 0 Å². The second-order valence-corrected chi connectivity index (χ2v) is 8.82. The lowest BCUT2D eigenvalue weighted by atomic mass is 10.2. The van der Waals surface area contributed by atoms with Gasteiger partial charge in [-0.1, -0.05) is 0 Å². The van der Waals surface area contributed by atoms with Crippen molar-refractivity contribution in [3.8, 4) is 11.5 Å². The summed E-state index contributed by atoms with van der Waals surface area (Å²) in [7, 11) is -2.37. The van der Waals surface area contributed by atoms with Gasteiger partial charge in [-0.3, -0.25) is 14.3 Å². The molecule has 3 N–H and O–H groups in total. The SMILES string of the molecule is CCOc1ccc(NS(=O)(=O)c2ccc(C(=O)Nc3cc(OC)ccc3NC(C)=O)cc2)cc1. The fourth-order valence-corrected chi connectivity index (χ4v) is 4.09. The summed E-state index contributed by atoms with van der Waals surface area (Å²) < 4.78 is 38.4. The van der Waals surface area contributed by atoms with Gasteiger partial charge < -0.3 is 20.1 Å². The fourth-order valence-electron chi connectivity index (χ4n) is 3.03. The van der Waals surface area contributed by atoms with E-state index in [0.717, 1.165) is 0 Å². The predicted octanol–water partition coefficient (Wildman–Crippen LogP) is 4.11. The third-order valence-electron chi connectivity index (χ3n) is 4.63. The van der Waals surface area contributed by atoms with Crippen molar-refractivity contribution in [1.29, 1.82) is 0 Å². The molecule has 0 saturated heterocycles. The van der Waals surface area contributed by atoms with Crippen molar-refractivity contribution in [2.75, 3.05) is 29.1 Å². The first kappa shape index (κ1) is 24.6. The third-order valence-corrected chi connectivity index (χ3v) is 6.03. The average molecular weight is 484 g/mol. The number of ether oxygens (including phenoxy) is 2. The molecule has 0 atom stereocenters. The molecular weight excluding hydrogens is 458 g/mol. The summed E-state index contributed by atoms with van der Waals surface area (Å²) in [6.07, 6.45) is 0. The monoisotopic (exact) mass is 483 g/mol. The number of carbonyl (C=O) groups excluding carboxylic acids is 2. The summed E-state index contributed by atoms with van der Waals surface area (Å²) in [6, 6.07) is 16.9. The Morgan fingerprint density at radius 2 is 1.50 bits per heavy atom. The normalized spacial score (nSPS) is 10.8. The highest BCUT2D eigenvalue weighted by molar-refractivity contribution is 7.92. The van der Waals surface area contributed by atoms with Gasteiger partial charge in [-0.2, -0.15) is 0 Å². The summed E-state index contributed by atoms with van der Waals surface area (Å²) in [5.74, 6) is 0.350. The van der Waals surface area contributed by atoms with Crippen LogP contribution in [0, 0.1) is 0 Å². The van der Waals surface area contributed by atoms with E-state index in [0.29, 0.717) is 35.2 Å². The van der Waals surface area contributed by atoms with E-state index in [1.165, 1.54) is 38.3 Å². The molecule has 9 nitrogen and oxygen atoms in total. The quantitative estimate of drug-likeness (QED) is 0.421. The molecule has 0 saturated carbocycles. The lowest BCUT2D eigenvalue weighted by Crippen LogP contribution is -2.16. The Morgan fingerprint density at radius 3 is 2.09 bits per heavy atom. The Balaban J connectivity index is 1.75. The van der Waals surface area contributed by atoms with E-state index in [1.807, 2.05) is 6.92 Å². The minimum atomic E-state index is -3.86. The zero-order chi connectivity index (χ0) is 24.7. The van der Waals surface area contributed by atoms with Crippen LogP contribution in [0.25, 0.3) is 0 Å². The number of amides is 2. The van der Waals surface area contributed by atoms with Crippen LogP contribution in [-0.2, 0) is 14.8 Å². The van der Waals surface area contributed by atoms with E-state index in [2.05, 4.69) is 15.4 Å². The number of methoxy groups -OCH3 is 1. The Labute approximate surface area is 198 Å². The van der Waals surface area contributed by atoms with Gasteiger partial charge in [0.1, 0.15) is 11.5 Å². The minimum Gasteiger partial charge on any atom is -0.497 e. The molecule has 3 aromatic carbocycles. The van der Waals surface area contributed by atoms with Gasteiger partial charge in [-0.25, -0.2) is 8.42 Å². The molecular formula is C24H25N3O6S. The number of sulfonamides is 1. The van der Waals surface area contributed by atoms with Crippen LogP contribution in [0.15, 0.2) is 71.6 Å². The molecule has 2 amide bonds. The van der Waals surface area contributed by atoms with Gasteiger partial charge in [0.25, 0.3) is 15.9 Å². The smallest absolute Gasteiger partial charge is 0.261 e. The summed E-state index contributed by atoms with van der Waals surface area (Å²) in [5.41, 5.74) is 1.36. The van der Waals surface area contributed by atoms with Crippen molar-refractivity contribution in [1.82, 2.24) is 0 Å². The van der Waals surface area contributed by atoms with Crippen molar-refractivity contribution in [2.45, 2.75) is 18.7 Å². The summed E-state index contributed by atoms with van der Waals surface area (Å²) in [5, 5.41) is 5.35. The maximum absolute atomic E-state index is 12.7. The van der Waals surface area contributed by atoms with Crippen molar-refractivity contribution >= 4 is 38.9 Å². The van der Waals surface area contributed by atoms with E-state index in [-0.39, 0.29) is 16.4 Å². The second-order valence-electron chi connectivity index (χ2n) is 7.13. The summed E-state index contributed by atoms with van der Waals surface area (Å²) >= 11 is 0. The Hall–Kier alpha value is -4.05. The van der Waals surface area contributed by atoms with Gasteiger partial charge in [-0.05, 0) is 67.6 Å². The first-order valence-corrected chi connectivity index (χ1v) is 11.8. The number of carbonyl (C=O) groups is 2. The lowest BCUT2D eigenvalue weighted by molar-refractivity contribution is -0.114. The molecule has 0 aromatic heterocycles. The number of benzene rings is 3. The zero-order valence-electron chi connectivity index (χ0n) is 18.9. The minimum absolute atomic E-state index is 0.00162. The van der Waals surface area contributed by atoms with Crippen molar-refractivity contribution < 1.29 is 27.5 Å². The zero-order valence-corrected chi connectivity index (χ0v) is 19.7. The standard InChI is InChI=1S/C24H25N3O6S/c1-4-33-19-9-7-18(8-10-19)27-34(30,31)21-12-5-17(6-13-21)24(29)26-23-15-20(32-3)11-14-22(23)25-16(2)28/h5-15,27H,4H2,1-3H3,(H,25,28)(H,26,29). The van der Waals surface area contributed by atoms with Crippen molar-refractivity contribution in [2.24, 2.45) is 0 Å². The Morgan fingerprint density at radius 1 is 0.853 bits per heavy atom. The van der Waals surface area contributed by atoms with Crippen molar-refractivity contribution in [3.63, 3.8) is 0 Å². The highest BCUT2D eigenvalue weighted by atomic mass is 32.2. The van der Waals surface area contributed by atoms with Crippen molar-refractivity contribution in [3.05, 3.63) is 72.3 Å². The Kier molecular flexibility index (Phi) is 7.75. The molecule has 34 heavy (non-hydrogen) atoms. The third kappa shape index (κ3) is 6.26. The van der Waals surface area contributed by atoms with Gasteiger partial charge in [0.2, 0.25) is 5.91 Å². The number of hydrogen-bond donors (Lipinski definition) is 3. The maximum Gasteiger partial charge on any atom is 0.261 e. The molecule has 0 fully saturated rings. The molecule has 3 aromatic rings. The largest absolute Gasteiger partial charge is 0.497 e. The van der Waals surface area contributed by atoms with E-state index in [1.54, 1.807) is 42.5 Å². The highest BCUT2D eigenvalue weighted by Crippen LogP contribution is 2.28.